The first-order valence-corrected chi connectivity index (χ1v) is 7.68. The molecule has 0 saturated heterocycles. The number of benzene rings is 1. The van der Waals surface area contributed by atoms with Crippen molar-refractivity contribution in [3.05, 3.63) is 56.6 Å². The van der Waals surface area contributed by atoms with Gasteiger partial charge in [0.2, 0.25) is 5.78 Å². The van der Waals surface area contributed by atoms with Gasteiger partial charge in [0.05, 0.1) is 10.1 Å². The Bertz CT molecular complexity index is 693. The summed E-state index contributed by atoms with van der Waals surface area (Å²) in [7, 11) is 0. The third-order valence-corrected chi connectivity index (χ3v) is 4.26. The molecule has 1 aromatic carbocycles. The topological polar surface area (TPSA) is 52.9 Å². The van der Waals surface area contributed by atoms with Crippen LogP contribution in [-0.2, 0) is 0 Å². The van der Waals surface area contributed by atoms with Gasteiger partial charge in [-0.3, -0.25) is 4.79 Å². The third-order valence-electron chi connectivity index (χ3n) is 3.04. The first kappa shape index (κ1) is 15.7. The van der Waals surface area contributed by atoms with Crippen LogP contribution >= 0.6 is 23.4 Å². The molecule has 0 aromatic heterocycles. The quantitative estimate of drug-likeness (QED) is 0.496. The molecule has 3 nitrogen and oxygen atoms in total. The van der Waals surface area contributed by atoms with Crippen molar-refractivity contribution < 1.29 is 4.79 Å². The van der Waals surface area contributed by atoms with E-state index in [1.165, 1.54) is 11.8 Å². The molecule has 0 saturated carbocycles. The number of rotatable bonds is 2. The number of ketones is 1. The molecule has 2 rings (SSSR count). The van der Waals surface area contributed by atoms with Crippen LogP contribution in [0.3, 0.4) is 0 Å². The molecule has 0 unspecified atom stereocenters. The van der Waals surface area contributed by atoms with E-state index < -0.39 is 0 Å². The second kappa shape index (κ2) is 5.97. The summed E-state index contributed by atoms with van der Waals surface area (Å²) in [4.78, 5) is 12.5. The van der Waals surface area contributed by atoms with E-state index in [0.29, 0.717) is 15.6 Å². The number of carbonyl (C=O) groups excluding carboxylic acids is 1. The summed E-state index contributed by atoms with van der Waals surface area (Å²) in [5.74, 6) is -0.360. The fourth-order valence-electron chi connectivity index (χ4n) is 1.77. The lowest BCUT2D eigenvalue weighted by Crippen LogP contribution is -2.21. The van der Waals surface area contributed by atoms with Crippen LogP contribution in [-0.4, -0.2) is 5.78 Å². The smallest absolute Gasteiger partial charge is 0.207 e. The Labute approximate surface area is 133 Å². The van der Waals surface area contributed by atoms with E-state index in [2.05, 4.69) is 26.1 Å². The van der Waals surface area contributed by atoms with E-state index in [0.717, 1.165) is 5.70 Å². The molecule has 1 aliphatic rings. The van der Waals surface area contributed by atoms with Crippen molar-refractivity contribution in [1.29, 1.82) is 5.26 Å². The van der Waals surface area contributed by atoms with Crippen LogP contribution in [0.4, 0.5) is 0 Å². The normalized spacial score (nSPS) is 16.8. The van der Waals surface area contributed by atoms with Gasteiger partial charge in [-0.1, -0.05) is 56.3 Å². The molecule has 0 amide bonds. The van der Waals surface area contributed by atoms with Crippen LogP contribution < -0.4 is 5.32 Å². The van der Waals surface area contributed by atoms with E-state index in [1.54, 1.807) is 24.3 Å². The number of carbonyl (C=O) groups is 1. The highest BCUT2D eigenvalue weighted by molar-refractivity contribution is 8.06. The summed E-state index contributed by atoms with van der Waals surface area (Å²) in [5.41, 5.74) is 1.35. The molecule has 0 atom stereocenters. The van der Waals surface area contributed by atoms with Crippen LogP contribution in [0.2, 0.25) is 5.02 Å². The maximum atomic E-state index is 12.5. The average Bonchev–Trinajstić information content (AvgIpc) is 2.89. The Morgan fingerprint density at radius 2 is 2.00 bits per heavy atom. The highest BCUT2D eigenvalue weighted by Gasteiger charge is 2.27. The molecule has 0 spiro atoms. The number of hydrogen-bond acceptors (Lipinski definition) is 4. The van der Waals surface area contributed by atoms with Gasteiger partial charge in [-0.05, 0) is 17.5 Å². The van der Waals surface area contributed by atoms with Crippen molar-refractivity contribution in [1.82, 2.24) is 5.32 Å². The predicted octanol–water partition coefficient (Wildman–Crippen LogP) is 4.48. The summed E-state index contributed by atoms with van der Waals surface area (Å²) < 4.78 is 0. The molecule has 1 aliphatic heterocycles. The largest absolute Gasteiger partial charge is 0.351 e. The van der Waals surface area contributed by atoms with Gasteiger partial charge in [-0.15, -0.1) is 0 Å². The number of allylic oxidation sites excluding steroid dienone is 2. The molecule has 0 aliphatic carbocycles. The highest BCUT2D eigenvalue weighted by Crippen LogP contribution is 2.36. The van der Waals surface area contributed by atoms with E-state index >= 15 is 0 Å². The van der Waals surface area contributed by atoms with Crippen LogP contribution in [0, 0.1) is 16.7 Å². The second-order valence-corrected chi connectivity index (χ2v) is 6.94. The minimum atomic E-state index is -0.360. The summed E-state index contributed by atoms with van der Waals surface area (Å²) in [6, 6.07) is 8.74. The van der Waals surface area contributed by atoms with Crippen LogP contribution in [0.15, 0.2) is 46.0 Å². The van der Waals surface area contributed by atoms with Gasteiger partial charge in [0.25, 0.3) is 0 Å². The summed E-state index contributed by atoms with van der Waals surface area (Å²) in [5, 5.41) is 15.4. The average molecular weight is 319 g/mol. The number of hydrogen-bond donors (Lipinski definition) is 1. The van der Waals surface area contributed by atoms with Crippen LogP contribution in [0.5, 0.6) is 0 Å². The monoisotopic (exact) mass is 318 g/mol. The van der Waals surface area contributed by atoms with Crippen molar-refractivity contribution in [2.75, 3.05) is 0 Å². The summed E-state index contributed by atoms with van der Waals surface area (Å²) in [6.45, 7) is 6.20. The third kappa shape index (κ3) is 3.31. The van der Waals surface area contributed by atoms with Crippen molar-refractivity contribution in [3.63, 3.8) is 0 Å². The molecular formula is C16H15ClN2OS. The van der Waals surface area contributed by atoms with Gasteiger partial charge in [0.15, 0.2) is 0 Å². The maximum Gasteiger partial charge on any atom is 0.207 e. The van der Waals surface area contributed by atoms with Gasteiger partial charge >= 0.3 is 0 Å². The lowest BCUT2D eigenvalue weighted by molar-refractivity contribution is 0.103. The molecule has 0 radical (unpaired) electrons. The van der Waals surface area contributed by atoms with Gasteiger partial charge in [0.1, 0.15) is 11.6 Å². The number of nitrogens with zero attached hydrogens (tertiary/aromatic N) is 1. The van der Waals surface area contributed by atoms with E-state index in [-0.39, 0.29) is 16.8 Å². The lowest BCUT2D eigenvalue weighted by Gasteiger charge is -2.20. The molecule has 1 heterocycles. The number of Topliss-reactive ketones (excluding diaryl/α,β-unsaturated/α-hetero) is 1. The van der Waals surface area contributed by atoms with Gasteiger partial charge < -0.3 is 5.32 Å². The van der Waals surface area contributed by atoms with E-state index in [1.807, 2.05) is 11.5 Å². The first-order valence-electron chi connectivity index (χ1n) is 6.42. The summed E-state index contributed by atoms with van der Waals surface area (Å²) in [6.07, 6.45) is 0. The second-order valence-electron chi connectivity index (χ2n) is 5.65. The Morgan fingerprint density at radius 1 is 1.33 bits per heavy atom. The van der Waals surface area contributed by atoms with Crippen LogP contribution in [0.25, 0.3) is 0 Å². The zero-order valence-electron chi connectivity index (χ0n) is 12.0. The zero-order valence-corrected chi connectivity index (χ0v) is 13.6. The molecule has 1 aromatic rings. The molecule has 21 heavy (non-hydrogen) atoms. The SMILES string of the molecule is CC(C)(C)C1=CSC(=C(C#N)C(=O)c2ccccc2Cl)N1. The minimum absolute atomic E-state index is 0.0667. The number of thioether (sulfide) groups is 1. The Hall–Kier alpha value is -1.70. The molecule has 0 bridgehead atoms. The van der Waals surface area contributed by atoms with Crippen molar-refractivity contribution in [3.8, 4) is 6.07 Å². The fourth-order valence-corrected chi connectivity index (χ4v) is 3.06. The van der Waals surface area contributed by atoms with Crippen LogP contribution in [0.1, 0.15) is 31.1 Å². The molecule has 1 N–H and O–H groups in total. The Kier molecular flexibility index (Phi) is 4.46. The fraction of sp³-hybridized carbons (Fsp3) is 0.250. The lowest BCUT2D eigenvalue weighted by atomic mass is 9.93. The maximum absolute atomic E-state index is 12.5. The van der Waals surface area contributed by atoms with Crippen molar-refractivity contribution in [2.45, 2.75) is 20.8 Å². The van der Waals surface area contributed by atoms with Crippen molar-refractivity contribution in [2.24, 2.45) is 5.41 Å². The zero-order chi connectivity index (χ0) is 15.6. The Balaban J connectivity index is 2.35. The van der Waals surface area contributed by atoms with Gasteiger partial charge in [0, 0.05) is 16.7 Å². The standard InChI is InChI=1S/C16H15ClN2OS/c1-16(2,3)13-9-21-15(19-13)11(8-18)14(20)10-6-4-5-7-12(10)17/h4-7,9,19H,1-3H3. The number of nitriles is 1. The predicted molar refractivity (Wildman–Crippen MR) is 86.7 cm³/mol. The highest BCUT2D eigenvalue weighted by atomic mass is 35.5. The minimum Gasteiger partial charge on any atom is -0.351 e. The number of nitrogens with one attached hydrogen (secondary N) is 1. The summed E-state index contributed by atoms with van der Waals surface area (Å²) >= 11 is 7.39. The molecular weight excluding hydrogens is 304 g/mol. The molecule has 108 valence electrons. The number of halogens is 1. The molecule has 5 heteroatoms. The van der Waals surface area contributed by atoms with Gasteiger partial charge in [-0.25, -0.2) is 0 Å². The first-order chi connectivity index (χ1) is 9.84. The Morgan fingerprint density at radius 3 is 2.52 bits per heavy atom. The van der Waals surface area contributed by atoms with Crippen molar-refractivity contribution >= 4 is 29.1 Å². The van der Waals surface area contributed by atoms with E-state index in [4.69, 9.17) is 11.6 Å². The molecule has 0 fully saturated rings. The van der Waals surface area contributed by atoms with Gasteiger partial charge in [-0.2, -0.15) is 5.26 Å². The van der Waals surface area contributed by atoms with E-state index in [9.17, 15) is 10.1 Å².